The molecule has 0 amide bonds. The van der Waals surface area contributed by atoms with Gasteiger partial charge in [0.1, 0.15) is 5.75 Å². The molecule has 1 aromatic heterocycles. The monoisotopic (exact) mass is 295 g/mol. The molecule has 0 radical (unpaired) electrons. The van der Waals surface area contributed by atoms with Crippen molar-refractivity contribution in [1.82, 2.24) is 9.97 Å². The summed E-state index contributed by atoms with van der Waals surface area (Å²) in [6.45, 7) is 5.50. The second-order valence-corrected chi connectivity index (χ2v) is 6.93. The van der Waals surface area contributed by atoms with Gasteiger partial charge in [-0.1, -0.05) is 26.0 Å². The average Bonchev–Trinajstić information content (AvgIpc) is 3.28. The van der Waals surface area contributed by atoms with Gasteiger partial charge in [-0.05, 0) is 24.1 Å². The second-order valence-electron chi connectivity index (χ2n) is 6.93. The van der Waals surface area contributed by atoms with Crippen LogP contribution in [0.15, 0.2) is 36.7 Å². The maximum Gasteiger partial charge on any atom is 0.151 e. The third kappa shape index (κ3) is 2.05. The molecule has 1 saturated carbocycles. The minimum absolute atomic E-state index is 0.0745. The van der Waals surface area contributed by atoms with Gasteiger partial charge in [0.25, 0.3) is 0 Å². The summed E-state index contributed by atoms with van der Waals surface area (Å²) in [5.74, 6) is 2.58. The van der Waals surface area contributed by atoms with E-state index in [4.69, 9.17) is 4.74 Å². The van der Waals surface area contributed by atoms with Gasteiger partial charge in [0.15, 0.2) is 5.82 Å². The van der Waals surface area contributed by atoms with Crippen LogP contribution in [0.25, 0.3) is 0 Å². The molecule has 114 valence electrons. The maximum absolute atomic E-state index is 5.35. The summed E-state index contributed by atoms with van der Waals surface area (Å²) < 4.78 is 5.35. The number of aromatic nitrogens is 2. The van der Waals surface area contributed by atoms with Gasteiger partial charge < -0.3 is 9.64 Å². The van der Waals surface area contributed by atoms with Crippen molar-refractivity contribution in [2.45, 2.75) is 37.6 Å². The van der Waals surface area contributed by atoms with Crippen molar-refractivity contribution in [3.05, 3.63) is 47.9 Å². The van der Waals surface area contributed by atoms with Crippen molar-refractivity contribution in [2.24, 2.45) is 0 Å². The molecular formula is C18H21N3O. The SMILES string of the molecule is COc1cccc([C@@H]2C[C@@H]2N2CC(C)(C)c3nccnc32)c1. The Balaban J connectivity index is 1.61. The van der Waals surface area contributed by atoms with E-state index in [1.54, 1.807) is 19.5 Å². The van der Waals surface area contributed by atoms with Gasteiger partial charge >= 0.3 is 0 Å². The van der Waals surface area contributed by atoms with Crippen LogP contribution in [0.5, 0.6) is 5.75 Å². The Bertz CT molecular complexity index is 713. The third-order valence-corrected chi connectivity index (χ3v) is 4.84. The molecule has 2 aromatic rings. The molecule has 4 nitrogen and oxygen atoms in total. The van der Waals surface area contributed by atoms with E-state index in [2.05, 4.69) is 46.9 Å². The zero-order valence-corrected chi connectivity index (χ0v) is 13.3. The van der Waals surface area contributed by atoms with Crippen molar-refractivity contribution in [3.63, 3.8) is 0 Å². The number of ether oxygens (including phenoxy) is 1. The van der Waals surface area contributed by atoms with E-state index < -0.39 is 0 Å². The van der Waals surface area contributed by atoms with Gasteiger partial charge in [0, 0.05) is 36.3 Å². The number of hydrogen-bond acceptors (Lipinski definition) is 4. The van der Waals surface area contributed by atoms with Crippen molar-refractivity contribution in [3.8, 4) is 5.75 Å². The van der Waals surface area contributed by atoms with E-state index in [1.165, 1.54) is 12.0 Å². The molecule has 1 aliphatic heterocycles. The first-order valence-electron chi connectivity index (χ1n) is 7.82. The first-order chi connectivity index (χ1) is 10.6. The summed E-state index contributed by atoms with van der Waals surface area (Å²) in [5.41, 5.74) is 2.57. The fraction of sp³-hybridized carbons (Fsp3) is 0.444. The molecule has 0 spiro atoms. The summed E-state index contributed by atoms with van der Waals surface area (Å²) in [6.07, 6.45) is 4.78. The first-order valence-corrected chi connectivity index (χ1v) is 7.82. The molecule has 1 aliphatic carbocycles. The molecule has 4 rings (SSSR count). The van der Waals surface area contributed by atoms with Crippen LogP contribution in [0.2, 0.25) is 0 Å². The maximum atomic E-state index is 5.35. The highest BCUT2D eigenvalue weighted by Gasteiger charge is 2.49. The van der Waals surface area contributed by atoms with Gasteiger partial charge in [0.2, 0.25) is 0 Å². The van der Waals surface area contributed by atoms with Crippen LogP contribution < -0.4 is 9.64 Å². The largest absolute Gasteiger partial charge is 0.497 e. The van der Waals surface area contributed by atoms with E-state index in [0.717, 1.165) is 23.8 Å². The Labute approximate surface area is 131 Å². The van der Waals surface area contributed by atoms with E-state index >= 15 is 0 Å². The highest BCUT2D eigenvalue weighted by atomic mass is 16.5. The van der Waals surface area contributed by atoms with Crippen molar-refractivity contribution in [1.29, 1.82) is 0 Å². The van der Waals surface area contributed by atoms with E-state index in [0.29, 0.717) is 12.0 Å². The molecule has 0 saturated heterocycles. The quantitative estimate of drug-likeness (QED) is 0.872. The standard InChI is InChI=1S/C18H21N3O/c1-18(2)11-21(17-16(18)19-7-8-20-17)15-10-14(15)12-5-4-6-13(9-12)22-3/h4-9,14-15H,10-11H2,1-3H3/t14-,15-/m0/s1. The summed E-state index contributed by atoms with van der Waals surface area (Å²) >= 11 is 0. The number of rotatable bonds is 3. The normalized spacial score (nSPS) is 25.0. The molecule has 0 bridgehead atoms. The molecule has 2 atom stereocenters. The molecular weight excluding hydrogens is 274 g/mol. The van der Waals surface area contributed by atoms with Crippen molar-refractivity contribution >= 4 is 5.82 Å². The molecule has 4 heteroatoms. The van der Waals surface area contributed by atoms with Crippen LogP contribution in [0.3, 0.4) is 0 Å². The molecule has 22 heavy (non-hydrogen) atoms. The van der Waals surface area contributed by atoms with Crippen molar-refractivity contribution < 1.29 is 4.74 Å². The van der Waals surface area contributed by atoms with Gasteiger partial charge in [-0.3, -0.25) is 4.98 Å². The molecule has 0 unspecified atom stereocenters. The summed E-state index contributed by atoms with van der Waals surface area (Å²) in [4.78, 5) is 11.6. The predicted octanol–water partition coefficient (Wildman–Crippen LogP) is 3.14. The Morgan fingerprint density at radius 1 is 1.23 bits per heavy atom. The molecule has 1 fully saturated rings. The summed E-state index contributed by atoms with van der Waals surface area (Å²) in [5, 5.41) is 0. The minimum atomic E-state index is 0.0745. The number of benzene rings is 1. The lowest BCUT2D eigenvalue weighted by Crippen LogP contribution is -2.31. The minimum Gasteiger partial charge on any atom is -0.497 e. The Morgan fingerprint density at radius 2 is 2.05 bits per heavy atom. The van der Waals surface area contributed by atoms with Crippen LogP contribution >= 0.6 is 0 Å². The zero-order valence-electron chi connectivity index (χ0n) is 13.3. The lowest BCUT2D eigenvalue weighted by atomic mass is 9.92. The fourth-order valence-electron chi connectivity index (χ4n) is 3.62. The van der Waals surface area contributed by atoms with Crippen LogP contribution in [0.1, 0.15) is 37.4 Å². The lowest BCUT2D eigenvalue weighted by Gasteiger charge is -2.21. The number of methoxy groups -OCH3 is 1. The highest BCUT2D eigenvalue weighted by molar-refractivity contribution is 5.57. The van der Waals surface area contributed by atoms with Gasteiger partial charge in [0.05, 0.1) is 12.8 Å². The lowest BCUT2D eigenvalue weighted by molar-refractivity contribution is 0.414. The Morgan fingerprint density at radius 3 is 2.86 bits per heavy atom. The predicted molar refractivity (Wildman–Crippen MR) is 86.5 cm³/mol. The van der Waals surface area contributed by atoms with Gasteiger partial charge in [-0.2, -0.15) is 0 Å². The van der Waals surface area contributed by atoms with Crippen LogP contribution in [-0.4, -0.2) is 29.7 Å². The smallest absolute Gasteiger partial charge is 0.151 e. The fourth-order valence-corrected chi connectivity index (χ4v) is 3.62. The summed E-state index contributed by atoms with van der Waals surface area (Å²) in [7, 11) is 1.72. The van der Waals surface area contributed by atoms with Crippen LogP contribution in [0.4, 0.5) is 5.82 Å². The van der Waals surface area contributed by atoms with Gasteiger partial charge in [-0.25, -0.2) is 4.98 Å². The first kappa shape index (κ1) is 13.6. The molecule has 2 heterocycles. The van der Waals surface area contributed by atoms with E-state index in [1.807, 2.05) is 6.07 Å². The number of hydrogen-bond donors (Lipinski definition) is 0. The summed E-state index contributed by atoms with van der Waals surface area (Å²) in [6, 6.07) is 8.96. The van der Waals surface area contributed by atoms with E-state index in [9.17, 15) is 0 Å². The second kappa shape index (κ2) is 4.70. The zero-order chi connectivity index (χ0) is 15.3. The third-order valence-electron chi connectivity index (χ3n) is 4.84. The van der Waals surface area contributed by atoms with Crippen LogP contribution in [0, 0.1) is 0 Å². The van der Waals surface area contributed by atoms with E-state index in [-0.39, 0.29) is 5.41 Å². The highest BCUT2D eigenvalue weighted by Crippen LogP contribution is 2.50. The topological polar surface area (TPSA) is 38.2 Å². The number of nitrogens with zero attached hydrogens (tertiary/aromatic N) is 3. The number of fused-ring (bicyclic) bond motifs is 1. The molecule has 0 N–H and O–H groups in total. The Kier molecular flexibility index (Phi) is 2.90. The molecule has 2 aliphatic rings. The molecule has 1 aromatic carbocycles. The van der Waals surface area contributed by atoms with Gasteiger partial charge in [-0.15, -0.1) is 0 Å². The average molecular weight is 295 g/mol. The Hall–Kier alpha value is -2.10. The number of anilines is 1. The van der Waals surface area contributed by atoms with Crippen molar-refractivity contribution in [2.75, 3.05) is 18.6 Å². The van der Waals surface area contributed by atoms with Crippen LogP contribution in [-0.2, 0) is 5.41 Å².